The summed E-state index contributed by atoms with van der Waals surface area (Å²) in [7, 11) is 0. The average molecular weight is 619 g/mol. The number of ether oxygens (including phenoxy) is 3. The molecule has 0 saturated carbocycles. The van der Waals surface area contributed by atoms with E-state index >= 15 is 0 Å². The Hall–Kier alpha value is -2.79. The van der Waals surface area contributed by atoms with Crippen molar-refractivity contribution in [3.8, 4) is 0 Å². The number of hydrogen-bond donors (Lipinski definition) is 2. The van der Waals surface area contributed by atoms with Gasteiger partial charge < -0.3 is 25.7 Å². The number of nitrogen functional groups attached to an aromatic ring is 1. The maximum Gasteiger partial charge on any atom is 0.323 e. The number of anilines is 1. The lowest BCUT2D eigenvalue weighted by Crippen LogP contribution is -2.40. The smallest absolute Gasteiger partial charge is 0.323 e. The van der Waals surface area contributed by atoms with Crippen LogP contribution >= 0.6 is 0 Å². The maximum atomic E-state index is 12.4. The molecule has 3 atom stereocenters. The van der Waals surface area contributed by atoms with Crippen LogP contribution in [0.4, 0.5) is 5.95 Å². The van der Waals surface area contributed by atoms with Crippen molar-refractivity contribution in [2.75, 3.05) is 18.9 Å². The summed E-state index contributed by atoms with van der Waals surface area (Å²) < 4.78 is 18.6. The largest absolute Gasteiger partial charge is 0.463 e. The van der Waals surface area contributed by atoms with Crippen LogP contribution in [0.2, 0.25) is 0 Å². The molecule has 4 N–H and O–H groups in total. The molecule has 0 aliphatic carbocycles. The van der Waals surface area contributed by atoms with Gasteiger partial charge in [-0.3, -0.25) is 14.2 Å². The van der Waals surface area contributed by atoms with Crippen molar-refractivity contribution in [1.82, 2.24) is 19.5 Å². The normalized spacial score (nSPS) is 13.5. The van der Waals surface area contributed by atoms with E-state index in [1.54, 1.807) is 10.9 Å². The molecule has 44 heavy (non-hydrogen) atoms. The van der Waals surface area contributed by atoms with Gasteiger partial charge in [0, 0.05) is 6.42 Å². The van der Waals surface area contributed by atoms with Gasteiger partial charge in [-0.2, -0.15) is 4.98 Å². The minimum absolute atomic E-state index is 0.0166. The highest BCUT2D eigenvalue weighted by atomic mass is 16.6. The molecular formula is C33H58N6O5. The molecule has 1 unspecified atom stereocenters. The van der Waals surface area contributed by atoms with Gasteiger partial charge in [0.05, 0.1) is 12.5 Å². The second-order valence-corrected chi connectivity index (χ2v) is 12.0. The molecule has 0 aliphatic heterocycles. The first-order valence-electron chi connectivity index (χ1n) is 17.0. The molecule has 0 spiro atoms. The SMILES string of the molecule is CCCCCCCCCCCCCCCCCC(=O)OCC(COC(=O)[C@@H](N)[C@@H](C)CC)OCn1cnc2cnc(N)nc21. The molecule has 2 heterocycles. The zero-order chi connectivity index (χ0) is 32.0. The number of imidazole rings is 1. The van der Waals surface area contributed by atoms with Crippen molar-refractivity contribution in [3.63, 3.8) is 0 Å². The zero-order valence-corrected chi connectivity index (χ0v) is 27.5. The van der Waals surface area contributed by atoms with Crippen molar-refractivity contribution in [2.45, 2.75) is 149 Å². The number of esters is 2. The molecular weight excluding hydrogens is 560 g/mol. The fourth-order valence-electron chi connectivity index (χ4n) is 4.95. The minimum Gasteiger partial charge on any atom is -0.463 e. The lowest BCUT2D eigenvalue weighted by atomic mass is 10.0. The third-order valence-corrected chi connectivity index (χ3v) is 8.18. The van der Waals surface area contributed by atoms with Crippen LogP contribution < -0.4 is 11.5 Å². The summed E-state index contributed by atoms with van der Waals surface area (Å²) in [5.74, 6) is -0.691. The fraction of sp³-hybridized carbons (Fsp3) is 0.788. The number of hydrogen-bond acceptors (Lipinski definition) is 10. The van der Waals surface area contributed by atoms with Crippen LogP contribution in [0.1, 0.15) is 130 Å². The van der Waals surface area contributed by atoms with Gasteiger partial charge in [0.15, 0.2) is 5.65 Å². The van der Waals surface area contributed by atoms with Gasteiger partial charge in [-0.1, -0.05) is 117 Å². The van der Waals surface area contributed by atoms with Gasteiger partial charge in [-0.15, -0.1) is 0 Å². The predicted octanol–water partition coefficient (Wildman–Crippen LogP) is 6.47. The summed E-state index contributed by atoms with van der Waals surface area (Å²) in [6.07, 6.45) is 22.6. The van der Waals surface area contributed by atoms with Gasteiger partial charge in [-0.05, 0) is 12.3 Å². The molecule has 11 heteroatoms. The second kappa shape index (κ2) is 22.7. The summed E-state index contributed by atoms with van der Waals surface area (Å²) in [5.41, 5.74) is 12.8. The topological polar surface area (TPSA) is 157 Å². The third kappa shape index (κ3) is 15.3. The minimum atomic E-state index is -0.731. The van der Waals surface area contributed by atoms with Crippen LogP contribution in [0.25, 0.3) is 11.2 Å². The van der Waals surface area contributed by atoms with Crippen molar-refractivity contribution in [1.29, 1.82) is 0 Å². The van der Waals surface area contributed by atoms with Crippen LogP contribution in [-0.4, -0.2) is 56.8 Å². The van der Waals surface area contributed by atoms with E-state index in [2.05, 4.69) is 21.9 Å². The zero-order valence-electron chi connectivity index (χ0n) is 27.5. The number of nitrogens with zero attached hydrogens (tertiary/aromatic N) is 4. The van der Waals surface area contributed by atoms with Crippen molar-refractivity contribution >= 4 is 29.1 Å². The molecule has 0 amide bonds. The van der Waals surface area contributed by atoms with E-state index < -0.39 is 18.1 Å². The van der Waals surface area contributed by atoms with E-state index in [1.807, 2.05) is 13.8 Å². The number of carbonyl (C=O) groups is 2. The monoisotopic (exact) mass is 618 g/mol. The number of carbonyl (C=O) groups excluding carboxylic acids is 2. The van der Waals surface area contributed by atoms with Gasteiger partial charge in [-0.25, -0.2) is 9.97 Å². The molecule has 0 fully saturated rings. The molecule has 0 saturated heterocycles. The Kier molecular flexibility index (Phi) is 19.3. The quantitative estimate of drug-likeness (QED) is 0.0884. The summed E-state index contributed by atoms with van der Waals surface area (Å²) >= 11 is 0. The summed E-state index contributed by atoms with van der Waals surface area (Å²) in [4.78, 5) is 37.3. The van der Waals surface area contributed by atoms with Crippen LogP contribution in [-0.2, 0) is 30.5 Å². The molecule has 0 aromatic carbocycles. The Bertz CT molecular complexity index is 1060. The van der Waals surface area contributed by atoms with E-state index in [4.69, 9.17) is 25.7 Å². The van der Waals surface area contributed by atoms with Crippen LogP contribution in [0.3, 0.4) is 0 Å². The second-order valence-electron chi connectivity index (χ2n) is 12.0. The fourth-order valence-corrected chi connectivity index (χ4v) is 4.95. The van der Waals surface area contributed by atoms with Crippen LogP contribution in [0, 0.1) is 5.92 Å². The first kappa shape index (κ1) is 37.4. The lowest BCUT2D eigenvalue weighted by Gasteiger charge is -2.21. The molecule has 2 rings (SSSR count). The van der Waals surface area contributed by atoms with Crippen LogP contribution in [0.5, 0.6) is 0 Å². The highest BCUT2D eigenvalue weighted by Gasteiger charge is 2.23. The Morgan fingerprint density at radius 3 is 2.00 bits per heavy atom. The number of rotatable bonds is 26. The van der Waals surface area contributed by atoms with E-state index in [-0.39, 0.29) is 37.8 Å². The number of fused-ring (bicyclic) bond motifs is 1. The molecule has 0 radical (unpaired) electrons. The van der Waals surface area contributed by atoms with E-state index in [9.17, 15) is 9.59 Å². The summed E-state index contributed by atoms with van der Waals surface area (Å²) in [6, 6.07) is -0.731. The molecule has 0 bridgehead atoms. The van der Waals surface area contributed by atoms with Gasteiger partial charge in [0.1, 0.15) is 37.6 Å². The predicted molar refractivity (Wildman–Crippen MR) is 174 cm³/mol. The van der Waals surface area contributed by atoms with E-state index in [0.717, 1.165) is 25.7 Å². The summed E-state index contributed by atoms with van der Waals surface area (Å²) in [6.45, 7) is 6.03. The first-order chi connectivity index (χ1) is 21.3. The van der Waals surface area contributed by atoms with Crippen LogP contribution in [0.15, 0.2) is 12.5 Å². The standard InChI is InChI=1S/C33H58N6O5/c1-4-6-7-8-9-10-11-12-13-14-15-16-17-18-19-20-29(40)42-22-27(23-43-32(41)30(34)26(3)5-2)44-25-39-24-37-28-21-36-33(35)38-31(28)39/h21,24,26-27,30H,4-20,22-23,25,34H2,1-3H3,(H2,35,36,38)/t26-,27?,30-/m0/s1. The number of nitrogens with two attached hydrogens (primary N) is 2. The van der Waals surface area contributed by atoms with Crippen molar-refractivity contribution in [3.05, 3.63) is 12.5 Å². The van der Waals surface area contributed by atoms with E-state index in [1.165, 1.54) is 83.2 Å². The Labute approximate surface area is 264 Å². The number of unbranched alkanes of at least 4 members (excludes halogenated alkanes) is 14. The molecule has 0 aliphatic rings. The molecule has 11 nitrogen and oxygen atoms in total. The third-order valence-electron chi connectivity index (χ3n) is 8.18. The van der Waals surface area contributed by atoms with Gasteiger partial charge >= 0.3 is 11.9 Å². The molecule has 250 valence electrons. The number of aromatic nitrogens is 4. The lowest BCUT2D eigenvalue weighted by molar-refractivity contribution is -0.159. The van der Waals surface area contributed by atoms with Crippen molar-refractivity contribution in [2.24, 2.45) is 11.7 Å². The molecule has 2 aromatic rings. The Balaban J connectivity index is 1.65. The highest BCUT2D eigenvalue weighted by Crippen LogP contribution is 2.15. The molecule has 2 aromatic heterocycles. The van der Waals surface area contributed by atoms with Gasteiger partial charge in [0.2, 0.25) is 5.95 Å². The highest BCUT2D eigenvalue weighted by molar-refractivity contribution is 5.75. The Morgan fingerprint density at radius 1 is 0.841 bits per heavy atom. The maximum absolute atomic E-state index is 12.4. The Morgan fingerprint density at radius 2 is 1.41 bits per heavy atom. The van der Waals surface area contributed by atoms with E-state index in [0.29, 0.717) is 17.6 Å². The van der Waals surface area contributed by atoms with Gasteiger partial charge in [0.25, 0.3) is 0 Å². The summed E-state index contributed by atoms with van der Waals surface area (Å²) in [5, 5.41) is 0. The first-order valence-corrected chi connectivity index (χ1v) is 17.0. The van der Waals surface area contributed by atoms with Crippen molar-refractivity contribution < 1.29 is 23.8 Å². The average Bonchev–Trinajstić information content (AvgIpc) is 3.43.